The van der Waals surface area contributed by atoms with Crippen LogP contribution in [0.15, 0.2) is 0 Å². The molecule has 0 radical (unpaired) electrons. The lowest BCUT2D eigenvalue weighted by atomic mass is 10.0. The van der Waals surface area contributed by atoms with Gasteiger partial charge in [-0.25, -0.2) is 0 Å². The van der Waals surface area contributed by atoms with E-state index < -0.39 is 30.8 Å². The van der Waals surface area contributed by atoms with Gasteiger partial charge in [-0.2, -0.15) is 8.78 Å². The van der Waals surface area contributed by atoms with Crippen LogP contribution in [0.25, 0.3) is 0 Å². The van der Waals surface area contributed by atoms with Crippen molar-refractivity contribution in [2.24, 2.45) is 5.92 Å². The van der Waals surface area contributed by atoms with Crippen LogP contribution in [-0.4, -0.2) is 30.2 Å². The van der Waals surface area contributed by atoms with Crippen LogP contribution in [0.5, 0.6) is 0 Å². The molecule has 1 N–H and O–H groups in total. The van der Waals surface area contributed by atoms with E-state index in [-0.39, 0.29) is 6.61 Å². The summed E-state index contributed by atoms with van der Waals surface area (Å²) >= 11 is 0. The second-order valence-electron chi connectivity index (χ2n) is 2.89. The molecule has 3 nitrogen and oxygen atoms in total. The largest absolute Gasteiger partial charge is 0.390 e. The van der Waals surface area contributed by atoms with Gasteiger partial charge in [0.2, 0.25) is 0 Å². The maximum absolute atomic E-state index is 12.4. The molecular formula is C6H8F2O3. The van der Waals surface area contributed by atoms with Crippen molar-refractivity contribution in [1.82, 2.24) is 0 Å². The van der Waals surface area contributed by atoms with Crippen LogP contribution < -0.4 is 0 Å². The number of ether oxygens (including phenoxy) is 2. The fraction of sp³-hybridized carbons (Fsp3) is 1.00. The van der Waals surface area contributed by atoms with Crippen molar-refractivity contribution in [2.75, 3.05) is 6.61 Å². The molecule has 0 aliphatic carbocycles. The molecule has 2 heterocycles. The zero-order chi connectivity index (χ0) is 8.06. The Hall–Kier alpha value is -0.260. The van der Waals surface area contributed by atoms with Crippen LogP contribution in [0.3, 0.4) is 0 Å². The molecule has 0 unspecified atom stereocenters. The average Bonchev–Trinajstić information content (AvgIpc) is 2.31. The molecular weight excluding hydrogens is 158 g/mol. The lowest BCUT2D eigenvalue weighted by Crippen LogP contribution is -2.20. The summed E-state index contributed by atoms with van der Waals surface area (Å²) in [4.78, 5) is 0. The van der Waals surface area contributed by atoms with Gasteiger partial charge in [0.05, 0.1) is 12.7 Å². The molecule has 2 rings (SSSR count). The summed E-state index contributed by atoms with van der Waals surface area (Å²) in [6.45, 7) is 0.103. The highest BCUT2D eigenvalue weighted by atomic mass is 19.3. The van der Waals surface area contributed by atoms with Gasteiger partial charge in [-0.15, -0.1) is 0 Å². The predicted molar refractivity (Wildman–Crippen MR) is 29.9 cm³/mol. The van der Waals surface area contributed by atoms with Crippen LogP contribution in [0, 0.1) is 5.92 Å². The van der Waals surface area contributed by atoms with E-state index in [0.29, 0.717) is 0 Å². The summed E-state index contributed by atoms with van der Waals surface area (Å²) in [6, 6.07) is 0. The topological polar surface area (TPSA) is 38.7 Å². The minimum Gasteiger partial charge on any atom is -0.390 e. The van der Waals surface area contributed by atoms with Crippen molar-refractivity contribution in [2.45, 2.75) is 24.9 Å². The number of aliphatic hydroxyl groups is 1. The van der Waals surface area contributed by atoms with E-state index >= 15 is 0 Å². The van der Waals surface area contributed by atoms with Crippen LogP contribution >= 0.6 is 0 Å². The molecule has 64 valence electrons. The summed E-state index contributed by atoms with van der Waals surface area (Å²) in [7, 11) is 0. The van der Waals surface area contributed by atoms with Crippen molar-refractivity contribution in [3.8, 4) is 0 Å². The molecule has 0 bridgehead atoms. The molecule has 5 heteroatoms. The summed E-state index contributed by atoms with van der Waals surface area (Å²) in [6.07, 6.45) is -5.25. The van der Waals surface area contributed by atoms with E-state index in [1.54, 1.807) is 0 Å². The summed E-state index contributed by atoms with van der Waals surface area (Å²) < 4.78 is 33.9. The van der Waals surface area contributed by atoms with Gasteiger partial charge in [-0.05, 0) is 0 Å². The van der Waals surface area contributed by atoms with Gasteiger partial charge >= 0.3 is 6.11 Å². The van der Waals surface area contributed by atoms with Gasteiger partial charge < -0.3 is 9.84 Å². The molecule has 0 aromatic heterocycles. The molecule has 11 heavy (non-hydrogen) atoms. The van der Waals surface area contributed by atoms with Gasteiger partial charge in [0, 0.05) is 12.3 Å². The van der Waals surface area contributed by atoms with Crippen molar-refractivity contribution >= 4 is 0 Å². The van der Waals surface area contributed by atoms with Gasteiger partial charge in [-0.1, -0.05) is 0 Å². The first-order valence-electron chi connectivity index (χ1n) is 3.44. The smallest absolute Gasteiger partial charge is 0.358 e. The van der Waals surface area contributed by atoms with Crippen LogP contribution in [0.1, 0.15) is 6.42 Å². The molecule has 2 aliphatic rings. The van der Waals surface area contributed by atoms with E-state index in [4.69, 9.17) is 9.84 Å². The number of halogens is 2. The minimum atomic E-state index is -3.11. The van der Waals surface area contributed by atoms with Crippen molar-refractivity contribution in [3.63, 3.8) is 0 Å². The van der Waals surface area contributed by atoms with Gasteiger partial charge in [0.25, 0.3) is 0 Å². The number of hydrogen-bond acceptors (Lipinski definition) is 3. The van der Waals surface area contributed by atoms with Crippen molar-refractivity contribution < 1.29 is 23.4 Å². The Morgan fingerprint density at radius 2 is 2.18 bits per heavy atom. The molecule has 2 fully saturated rings. The molecule has 0 amide bonds. The second kappa shape index (κ2) is 2.12. The molecule has 0 aromatic rings. The molecule has 0 saturated carbocycles. The number of rotatable bonds is 0. The average molecular weight is 166 g/mol. The van der Waals surface area contributed by atoms with Crippen molar-refractivity contribution in [1.29, 1.82) is 0 Å². The van der Waals surface area contributed by atoms with E-state index in [9.17, 15) is 8.78 Å². The molecule has 0 aromatic carbocycles. The highest BCUT2D eigenvalue weighted by molar-refractivity contribution is 4.86. The number of fused-ring (bicyclic) bond motifs is 1. The Morgan fingerprint density at radius 1 is 1.45 bits per heavy atom. The molecule has 2 aliphatic heterocycles. The molecule has 0 spiro atoms. The first-order valence-corrected chi connectivity index (χ1v) is 3.44. The third-order valence-corrected chi connectivity index (χ3v) is 2.04. The van der Waals surface area contributed by atoms with Crippen LogP contribution in [0.4, 0.5) is 8.78 Å². The minimum absolute atomic E-state index is 0.103. The van der Waals surface area contributed by atoms with E-state index in [1.807, 2.05) is 0 Å². The fourth-order valence-corrected chi connectivity index (χ4v) is 1.47. The third kappa shape index (κ3) is 1.13. The second-order valence-corrected chi connectivity index (χ2v) is 2.89. The standard InChI is InChI=1S/C6H8F2O3/c7-6(8)1-3-4(9)2-10-5(3)11-6/h3-5,9H,1-2H2/t3-,4+,5-/m1/s1. The normalized spacial score (nSPS) is 47.7. The summed E-state index contributed by atoms with van der Waals surface area (Å²) in [5, 5.41) is 9.09. The zero-order valence-corrected chi connectivity index (χ0v) is 5.67. The highest BCUT2D eigenvalue weighted by Gasteiger charge is 2.54. The lowest BCUT2D eigenvalue weighted by Gasteiger charge is -2.09. The van der Waals surface area contributed by atoms with Gasteiger partial charge in [-0.3, -0.25) is 4.74 Å². The highest BCUT2D eigenvalue weighted by Crippen LogP contribution is 2.42. The lowest BCUT2D eigenvalue weighted by molar-refractivity contribution is -0.270. The van der Waals surface area contributed by atoms with E-state index in [2.05, 4.69) is 4.74 Å². The summed E-state index contributed by atoms with van der Waals surface area (Å²) in [5.41, 5.74) is 0. The first-order chi connectivity index (χ1) is 5.08. The van der Waals surface area contributed by atoms with Crippen LogP contribution in [-0.2, 0) is 9.47 Å². The third-order valence-electron chi connectivity index (χ3n) is 2.04. The fourth-order valence-electron chi connectivity index (χ4n) is 1.47. The Labute approximate surface area is 61.9 Å². The van der Waals surface area contributed by atoms with Crippen molar-refractivity contribution in [3.05, 3.63) is 0 Å². The summed E-state index contributed by atoms with van der Waals surface area (Å²) in [5.74, 6) is -0.551. The quantitative estimate of drug-likeness (QED) is 0.563. The Bertz CT molecular complexity index is 173. The van der Waals surface area contributed by atoms with E-state index in [0.717, 1.165) is 0 Å². The maximum atomic E-state index is 12.4. The van der Waals surface area contributed by atoms with E-state index in [1.165, 1.54) is 0 Å². The van der Waals surface area contributed by atoms with Crippen LogP contribution in [0.2, 0.25) is 0 Å². The van der Waals surface area contributed by atoms with Gasteiger partial charge in [0.1, 0.15) is 0 Å². The monoisotopic (exact) mass is 166 g/mol. The van der Waals surface area contributed by atoms with Gasteiger partial charge in [0.15, 0.2) is 6.29 Å². The SMILES string of the molecule is O[C@H]1CO[C@@H]2OC(F)(F)C[C@@H]21. The number of aliphatic hydroxyl groups excluding tert-OH is 1. The number of hydrogen-bond donors (Lipinski definition) is 1. The number of alkyl halides is 2. The molecule has 2 saturated heterocycles. The Kier molecular flexibility index (Phi) is 1.42. The predicted octanol–water partition coefficient (Wildman–Crippen LogP) is 0.333. The maximum Gasteiger partial charge on any atom is 0.358 e. The Morgan fingerprint density at radius 3 is 2.82 bits per heavy atom. The zero-order valence-electron chi connectivity index (χ0n) is 5.67. The Balaban J connectivity index is 2.10. The first kappa shape index (κ1) is 7.39. The molecule has 3 atom stereocenters.